The maximum Gasteiger partial charge on any atom is 0.221 e. The van der Waals surface area contributed by atoms with Crippen LogP contribution in [0.2, 0.25) is 0 Å². The molecule has 1 amide bonds. The first-order chi connectivity index (χ1) is 17.9. The Labute approximate surface area is 216 Å². The summed E-state index contributed by atoms with van der Waals surface area (Å²) in [4.78, 5) is 13.6. The second-order valence-corrected chi connectivity index (χ2v) is 9.67. The molecule has 2 aliphatic rings. The Balaban J connectivity index is 1.38. The maximum atomic E-state index is 12.6. The number of amides is 1. The van der Waals surface area contributed by atoms with Crippen molar-refractivity contribution in [2.75, 3.05) is 38.2 Å². The molecule has 6 nitrogen and oxygen atoms in total. The van der Waals surface area contributed by atoms with Gasteiger partial charge in [0.1, 0.15) is 30.0 Å². The van der Waals surface area contributed by atoms with Crippen molar-refractivity contribution in [2.24, 2.45) is 5.92 Å². The highest BCUT2D eigenvalue weighted by atomic mass is 19.1. The molecular formula is C30H31FN2O4. The lowest BCUT2D eigenvalue weighted by Gasteiger charge is -2.37. The summed E-state index contributed by atoms with van der Waals surface area (Å²) in [7, 11) is 0. The number of anilines is 1. The van der Waals surface area contributed by atoms with Gasteiger partial charge in [-0.1, -0.05) is 24.3 Å². The number of hydrogen-bond donors (Lipinski definition) is 2. The molecule has 0 aliphatic carbocycles. The van der Waals surface area contributed by atoms with Crippen LogP contribution in [0.5, 0.6) is 17.2 Å². The zero-order valence-corrected chi connectivity index (χ0v) is 21.0. The fraction of sp³-hybridized carbons (Fsp3) is 0.300. The normalized spacial score (nSPS) is 17.5. The van der Waals surface area contributed by atoms with E-state index >= 15 is 0 Å². The minimum Gasteiger partial charge on any atom is -0.508 e. The summed E-state index contributed by atoms with van der Waals surface area (Å²) in [6, 6.07) is 20.7. The zero-order chi connectivity index (χ0) is 25.9. The molecule has 192 valence electrons. The highest BCUT2D eigenvalue weighted by Gasteiger charge is 2.30. The van der Waals surface area contributed by atoms with E-state index in [0.717, 1.165) is 58.9 Å². The van der Waals surface area contributed by atoms with Crippen LogP contribution in [0.1, 0.15) is 36.6 Å². The van der Waals surface area contributed by atoms with Crippen LogP contribution < -0.4 is 14.8 Å². The van der Waals surface area contributed by atoms with Crippen LogP contribution in [0, 0.1) is 5.92 Å². The zero-order valence-electron chi connectivity index (χ0n) is 21.0. The summed E-state index contributed by atoms with van der Waals surface area (Å²) in [5, 5.41) is 12.9. The van der Waals surface area contributed by atoms with Gasteiger partial charge in [0.15, 0.2) is 0 Å². The molecule has 3 aromatic carbocycles. The minimum atomic E-state index is -0.364. The molecule has 2 heterocycles. The van der Waals surface area contributed by atoms with Gasteiger partial charge in [-0.3, -0.25) is 14.1 Å². The molecule has 1 unspecified atom stereocenters. The van der Waals surface area contributed by atoms with E-state index in [2.05, 4.69) is 10.2 Å². The number of benzene rings is 3. The predicted molar refractivity (Wildman–Crippen MR) is 143 cm³/mol. The van der Waals surface area contributed by atoms with Crippen LogP contribution in [0.3, 0.4) is 0 Å². The number of carbonyl (C=O) groups is 1. The number of aromatic hydroxyl groups is 1. The van der Waals surface area contributed by atoms with E-state index in [9.17, 15) is 14.3 Å². The van der Waals surface area contributed by atoms with E-state index < -0.39 is 0 Å². The van der Waals surface area contributed by atoms with Crippen molar-refractivity contribution in [3.05, 3.63) is 83.4 Å². The first-order valence-corrected chi connectivity index (χ1v) is 12.5. The van der Waals surface area contributed by atoms with Gasteiger partial charge in [0.25, 0.3) is 0 Å². The van der Waals surface area contributed by atoms with Crippen molar-refractivity contribution in [3.8, 4) is 17.2 Å². The van der Waals surface area contributed by atoms with Crippen molar-refractivity contribution in [2.45, 2.75) is 20.0 Å². The number of fused-ring (bicyclic) bond motifs is 1. The number of hydrogen-bond acceptors (Lipinski definition) is 5. The van der Waals surface area contributed by atoms with Crippen LogP contribution in [0.15, 0.2) is 66.7 Å². The third kappa shape index (κ3) is 5.47. The fourth-order valence-corrected chi connectivity index (χ4v) is 4.97. The largest absolute Gasteiger partial charge is 0.508 e. The number of phenolic OH excluding ortho intramolecular Hbond substituents is 1. The predicted octanol–water partition coefficient (Wildman–Crippen LogP) is 5.70. The van der Waals surface area contributed by atoms with Crippen LogP contribution >= 0.6 is 0 Å². The van der Waals surface area contributed by atoms with Crippen molar-refractivity contribution in [1.29, 1.82) is 0 Å². The topological polar surface area (TPSA) is 71.0 Å². The standard InChI is InChI=1S/C30H31FN2O4/c1-19-27-15-25(35)9-12-28(27)37-30(29(19)22-3-7-24(8-4-22)32-20(2)34)23-5-10-26(11-6-23)36-14-13-33-17-21(16-31)18-33/h3-12,15,21,30,35H,13-14,16-18H2,1-2H3,(H,32,34). The number of nitrogens with one attached hydrogen (secondary N) is 1. The molecule has 3 aromatic rings. The fourth-order valence-electron chi connectivity index (χ4n) is 4.97. The number of allylic oxidation sites excluding steroid dienone is 1. The van der Waals surface area contributed by atoms with Crippen LogP contribution in [-0.2, 0) is 4.79 Å². The Morgan fingerprint density at radius 1 is 1.11 bits per heavy atom. The Hall–Kier alpha value is -3.84. The van der Waals surface area contributed by atoms with Gasteiger partial charge < -0.3 is 19.9 Å². The number of rotatable bonds is 8. The third-order valence-electron chi connectivity index (χ3n) is 6.90. The van der Waals surface area contributed by atoms with E-state index in [1.807, 2.05) is 55.5 Å². The summed E-state index contributed by atoms with van der Waals surface area (Å²) in [5.41, 5.74) is 5.50. The van der Waals surface area contributed by atoms with Crippen LogP contribution in [-0.4, -0.2) is 48.8 Å². The number of phenols is 1. The molecule has 7 heteroatoms. The SMILES string of the molecule is CC(=O)Nc1ccc(C2=C(C)c3cc(O)ccc3OC2c2ccc(OCCN3CC(CF)C3)cc2)cc1. The Morgan fingerprint density at radius 3 is 2.51 bits per heavy atom. The summed E-state index contributed by atoms with van der Waals surface area (Å²) in [6.45, 7) is 6.22. The van der Waals surface area contributed by atoms with E-state index in [0.29, 0.717) is 12.4 Å². The first-order valence-electron chi connectivity index (χ1n) is 12.5. The number of ether oxygens (including phenoxy) is 2. The summed E-state index contributed by atoms with van der Waals surface area (Å²) < 4.78 is 25.0. The minimum absolute atomic E-state index is 0.123. The number of alkyl halides is 1. The average molecular weight is 503 g/mol. The van der Waals surface area contributed by atoms with Crippen LogP contribution in [0.25, 0.3) is 11.1 Å². The van der Waals surface area contributed by atoms with Crippen molar-refractivity contribution < 1.29 is 23.8 Å². The molecule has 5 rings (SSSR count). The van der Waals surface area contributed by atoms with E-state index in [-0.39, 0.29) is 30.4 Å². The monoisotopic (exact) mass is 502 g/mol. The second kappa shape index (κ2) is 10.6. The van der Waals surface area contributed by atoms with Gasteiger partial charge in [-0.15, -0.1) is 0 Å². The second-order valence-electron chi connectivity index (χ2n) is 9.67. The molecule has 1 saturated heterocycles. The number of likely N-dealkylation sites (tertiary alicyclic amines) is 1. The average Bonchev–Trinajstić information content (AvgIpc) is 2.86. The molecule has 1 fully saturated rings. The Bertz CT molecular complexity index is 1300. The van der Waals surface area contributed by atoms with Gasteiger partial charge in [-0.2, -0.15) is 0 Å². The maximum absolute atomic E-state index is 12.6. The molecule has 2 N–H and O–H groups in total. The highest BCUT2D eigenvalue weighted by molar-refractivity contribution is 5.96. The molecule has 2 aliphatic heterocycles. The number of nitrogens with zero attached hydrogens (tertiary/aromatic N) is 1. The van der Waals surface area contributed by atoms with Crippen molar-refractivity contribution in [1.82, 2.24) is 4.90 Å². The van der Waals surface area contributed by atoms with Gasteiger partial charge in [0.05, 0.1) is 6.67 Å². The number of carbonyl (C=O) groups excluding carboxylic acids is 1. The molecule has 37 heavy (non-hydrogen) atoms. The molecular weight excluding hydrogens is 471 g/mol. The van der Waals surface area contributed by atoms with E-state index in [1.165, 1.54) is 6.92 Å². The summed E-state index contributed by atoms with van der Waals surface area (Å²) in [5.74, 6) is 1.72. The highest BCUT2D eigenvalue weighted by Crippen LogP contribution is 2.47. The molecule has 0 saturated carbocycles. The summed E-state index contributed by atoms with van der Waals surface area (Å²) >= 11 is 0. The Kier molecular flexibility index (Phi) is 7.15. The summed E-state index contributed by atoms with van der Waals surface area (Å²) in [6.07, 6.45) is -0.364. The molecule has 0 spiro atoms. The third-order valence-corrected chi connectivity index (χ3v) is 6.90. The van der Waals surface area contributed by atoms with E-state index in [4.69, 9.17) is 9.47 Å². The number of halogens is 1. The lowest BCUT2D eigenvalue weighted by atomic mass is 9.86. The van der Waals surface area contributed by atoms with Gasteiger partial charge in [-0.25, -0.2) is 0 Å². The van der Waals surface area contributed by atoms with Crippen molar-refractivity contribution in [3.63, 3.8) is 0 Å². The molecule has 0 bridgehead atoms. The van der Waals surface area contributed by atoms with Gasteiger partial charge in [0, 0.05) is 49.3 Å². The van der Waals surface area contributed by atoms with Gasteiger partial charge >= 0.3 is 0 Å². The van der Waals surface area contributed by atoms with Gasteiger partial charge in [0.2, 0.25) is 5.91 Å². The lowest BCUT2D eigenvalue weighted by Crippen LogP contribution is -2.49. The lowest BCUT2D eigenvalue weighted by molar-refractivity contribution is -0.114. The molecule has 1 atom stereocenters. The van der Waals surface area contributed by atoms with Gasteiger partial charge in [-0.05, 0) is 66.1 Å². The smallest absolute Gasteiger partial charge is 0.221 e. The van der Waals surface area contributed by atoms with Crippen LogP contribution in [0.4, 0.5) is 10.1 Å². The van der Waals surface area contributed by atoms with E-state index in [1.54, 1.807) is 18.2 Å². The first kappa shape index (κ1) is 24.8. The quantitative estimate of drug-likeness (QED) is 0.414. The molecule has 0 radical (unpaired) electrons. The van der Waals surface area contributed by atoms with Crippen molar-refractivity contribution >= 4 is 22.7 Å². The molecule has 0 aromatic heterocycles. The Morgan fingerprint density at radius 2 is 1.84 bits per heavy atom.